The van der Waals surface area contributed by atoms with Gasteiger partial charge in [0.25, 0.3) is 0 Å². The summed E-state index contributed by atoms with van der Waals surface area (Å²) in [5.41, 5.74) is 2.47. The van der Waals surface area contributed by atoms with E-state index in [0.29, 0.717) is 18.8 Å². The molecule has 0 bridgehead atoms. The zero-order chi connectivity index (χ0) is 41.9. The Labute approximate surface area is 336 Å². The molecule has 57 heavy (non-hydrogen) atoms. The molecule has 14 atom stereocenters. The Hall–Kier alpha value is -1.69. The van der Waals surface area contributed by atoms with Gasteiger partial charge in [0.05, 0.1) is 70.2 Å². The van der Waals surface area contributed by atoms with Crippen molar-refractivity contribution in [2.45, 2.75) is 146 Å². The predicted octanol–water partition coefficient (Wildman–Crippen LogP) is 0.828. The van der Waals surface area contributed by atoms with Crippen LogP contribution in [0.5, 0.6) is 0 Å². The number of nitrogens with one attached hydrogen (secondary N) is 1. The van der Waals surface area contributed by atoms with Crippen LogP contribution in [0.2, 0.25) is 0 Å². The normalized spacial score (nSPS) is 35.2. The van der Waals surface area contributed by atoms with Crippen molar-refractivity contribution in [1.82, 2.24) is 5.48 Å². The molecule has 2 saturated heterocycles. The molecule has 6 N–H and O–H groups in total. The van der Waals surface area contributed by atoms with Crippen LogP contribution in [-0.4, -0.2) is 172 Å². The molecule has 0 radical (unpaired) electrons. The number of carbonyl (C=O) groups excluding carboxylic acids is 1. The summed E-state index contributed by atoms with van der Waals surface area (Å²) in [4.78, 5) is 13.3. The maximum atomic E-state index is 13.3. The van der Waals surface area contributed by atoms with Gasteiger partial charge in [-0.05, 0) is 52.4 Å². The van der Waals surface area contributed by atoms with Crippen molar-refractivity contribution < 1.29 is 77.7 Å². The molecule has 0 spiro atoms. The molecule has 332 valence electrons. The van der Waals surface area contributed by atoms with E-state index < -0.39 is 104 Å². The first-order chi connectivity index (χ1) is 27.3. The Kier molecular flexibility index (Phi) is 23.1. The van der Waals surface area contributed by atoms with Crippen LogP contribution in [0.25, 0.3) is 0 Å². The Morgan fingerprint density at radius 3 is 2.44 bits per heavy atom. The van der Waals surface area contributed by atoms with Crippen molar-refractivity contribution in [2.24, 2.45) is 11.8 Å². The number of aliphatic hydroxyl groups is 5. The minimum atomic E-state index is -1.84. The van der Waals surface area contributed by atoms with Crippen molar-refractivity contribution >= 4 is 5.97 Å². The maximum absolute atomic E-state index is 13.3. The lowest BCUT2D eigenvalue weighted by atomic mass is 9.87. The first-order valence-corrected chi connectivity index (χ1v) is 19.9. The number of carbonyl (C=O) groups is 1. The fourth-order valence-corrected chi connectivity index (χ4v) is 7.19. The molecule has 3 rings (SSSR count). The summed E-state index contributed by atoms with van der Waals surface area (Å²) >= 11 is 0. The molecule has 0 aromatic heterocycles. The highest BCUT2D eigenvalue weighted by Gasteiger charge is 2.38. The number of rotatable bonds is 19. The average Bonchev–Trinajstić information content (AvgIpc) is 3.71. The number of hydrogen-bond donors (Lipinski definition) is 6. The number of aliphatic hydroxyl groups excluding tert-OH is 5. The lowest BCUT2D eigenvalue weighted by molar-refractivity contribution is -0.253. The molecule has 18 heteroatoms. The van der Waals surface area contributed by atoms with Gasteiger partial charge in [0, 0.05) is 52.6 Å². The molecule has 18 nitrogen and oxygen atoms in total. The summed E-state index contributed by atoms with van der Waals surface area (Å²) in [5.74, 6) is -1.82. The van der Waals surface area contributed by atoms with Gasteiger partial charge in [0.2, 0.25) is 0 Å². The third-order valence-corrected chi connectivity index (χ3v) is 10.7. The fourth-order valence-electron chi connectivity index (χ4n) is 7.19. The van der Waals surface area contributed by atoms with E-state index >= 15 is 0 Å². The van der Waals surface area contributed by atoms with Crippen LogP contribution >= 0.6 is 0 Å². The smallest absolute Gasteiger partial charge is 0.306 e. The average molecular weight is 823 g/mol. The van der Waals surface area contributed by atoms with E-state index in [2.05, 4.69) is 0 Å². The molecule has 6 unspecified atom stereocenters. The zero-order valence-corrected chi connectivity index (χ0v) is 34.2. The van der Waals surface area contributed by atoms with E-state index in [1.54, 1.807) is 37.6 Å². The van der Waals surface area contributed by atoms with E-state index in [1.807, 2.05) is 6.92 Å². The second-order valence-electron chi connectivity index (χ2n) is 15.0. The maximum Gasteiger partial charge on any atom is 0.306 e. The highest BCUT2D eigenvalue weighted by atomic mass is 16.7. The summed E-state index contributed by atoms with van der Waals surface area (Å²) in [6, 6.07) is -1.13. The van der Waals surface area contributed by atoms with Crippen LogP contribution in [0.1, 0.15) is 65.7 Å². The fraction of sp³-hybridized carbons (Fsp3) is 0.872. The van der Waals surface area contributed by atoms with E-state index in [9.17, 15) is 35.5 Å². The summed E-state index contributed by atoms with van der Waals surface area (Å²) in [6.45, 7) is 5.85. The second-order valence-corrected chi connectivity index (χ2v) is 15.0. The third kappa shape index (κ3) is 16.7. The Balaban J connectivity index is 1.95. The summed E-state index contributed by atoms with van der Waals surface area (Å²) in [7, 11) is 4.50. The third-order valence-electron chi connectivity index (χ3n) is 10.7. The van der Waals surface area contributed by atoms with E-state index in [-0.39, 0.29) is 64.8 Å². The molecule has 2 fully saturated rings. The van der Waals surface area contributed by atoms with Gasteiger partial charge in [-0.3, -0.25) is 4.79 Å². The highest BCUT2D eigenvalue weighted by Crippen LogP contribution is 2.31. The summed E-state index contributed by atoms with van der Waals surface area (Å²) in [6.07, 6.45) is -4.96. The van der Waals surface area contributed by atoms with E-state index in [1.165, 1.54) is 21.3 Å². The number of esters is 1. The number of cyclic esters (lactones) is 1. The molecule has 3 aliphatic rings. The molecular weight excluding hydrogens is 754 g/mol. The van der Waals surface area contributed by atoms with Crippen LogP contribution < -0.4 is 5.48 Å². The molecule has 3 aliphatic heterocycles. The Morgan fingerprint density at radius 2 is 1.79 bits per heavy atom. The van der Waals surface area contributed by atoms with Crippen molar-refractivity contribution in [2.75, 3.05) is 61.0 Å². The largest absolute Gasteiger partial charge is 0.787 e. The lowest BCUT2D eigenvalue weighted by Gasteiger charge is -2.37. The van der Waals surface area contributed by atoms with Crippen LogP contribution in [0, 0.1) is 17.0 Å². The monoisotopic (exact) mass is 822 g/mol. The SMILES string of the molecule is COCCOC1/C=C/C(C)=C/[C@H](CO[C@H]2CC(OC)[C@H](O)C(C)O2)[C@@H](CO)OC(=O)CCC[C@@H](O[C@H](O)C(O)C(CC(C)OC)N[O-])[C@@H](CC2OCCO2)C[C@H]1O. The van der Waals surface area contributed by atoms with Crippen molar-refractivity contribution in [3.8, 4) is 0 Å². The van der Waals surface area contributed by atoms with Gasteiger partial charge in [0.15, 0.2) is 18.9 Å². The quantitative estimate of drug-likeness (QED) is 0.0457. The molecule has 0 saturated carbocycles. The van der Waals surface area contributed by atoms with Gasteiger partial charge >= 0.3 is 5.97 Å². The zero-order valence-electron chi connectivity index (χ0n) is 34.2. The lowest BCUT2D eigenvalue weighted by Crippen LogP contribution is -2.49. The van der Waals surface area contributed by atoms with E-state index in [0.717, 1.165) is 0 Å². The van der Waals surface area contributed by atoms with Crippen molar-refractivity contribution in [3.05, 3.63) is 29.0 Å². The molecular formula is C39H68NO17-. The molecule has 0 aliphatic carbocycles. The standard InChI is InChI=1S/C39H68NO17/c1-23-10-11-31(51-13-12-48-4)29(42)18-26(19-35-52-14-15-53-35)30(57-39(46)38(45)28(40-47)17-24(2)49-5)8-7-9-34(43)56-33(21-41)27(16-23)22-54-36-20-32(50-6)37(44)25(3)55-36/h10-11,16,24-33,35-42,44-46H,7-9,12-15,17-22H2,1-6H3/q-1/b11-10+,23-16+/t24?,25?,26-,27-,28?,29-,30-,31?,32?,33-,36-,37-,38?,39+/m1/s1. The topological polar surface area (TPSA) is 246 Å². The van der Waals surface area contributed by atoms with Crippen molar-refractivity contribution in [3.63, 3.8) is 0 Å². The molecule has 3 heterocycles. The van der Waals surface area contributed by atoms with E-state index in [4.69, 9.17) is 47.4 Å². The van der Waals surface area contributed by atoms with Gasteiger partial charge < -0.3 is 83.6 Å². The van der Waals surface area contributed by atoms with Gasteiger partial charge in [0.1, 0.15) is 24.4 Å². The first-order valence-electron chi connectivity index (χ1n) is 19.9. The first kappa shape index (κ1) is 49.7. The van der Waals surface area contributed by atoms with Gasteiger partial charge in [-0.25, -0.2) is 0 Å². The minimum absolute atomic E-state index is 0.0184. The van der Waals surface area contributed by atoms with Gasteiger partial charge in [-0.1, -0.05) is 23.8 Å². The number of methoxy groups -OCH3 is 3. The van der Waals surface area contributed by atoms with Crippen molar-refractivity contribution in [1.29, 1.82) is 0 Å². The van der Waals surface area contributed by atoms with Gasteiger partial charge in [-0.2, -0.15) is 0 Å². The number of hydroxylamine groups is 1. The van der Waals surface area contributed by atoms with Crippen LogP contribution in [0.4, 0.5) is 0 Å². The van der Waals surface area contributed by atoms with Crippen LogP contribution in [0.15, 0.2) is 23.8 Å². The Morgan fingerprint density at radius 1 is 1.05 bits per heavy atom. The second kappa shape index (κ2) is 26.5. The summed E-state index contributed by atoms with van der Waals surface area (Å²) < 4.78 is 57.4. The predicted molar refractivity (Wildman–Crippen MR) is 203 cm³/mol. The minimum Gasteiger partial charge on any atom is -0.787 e. The Bertz CT molecular complexity index is 1170. The highest BCUT2D eigenvalue weighted by molar-refractivity contribution is 5.69. The van der Waals surface area contributed by atoms with Crippen LogP contribution in [-0.2, 0) is 52.2 Å². The molecule has 0 aromatic rings. The molecule has 0 amide bonds. The van der Waals surface area contributed by atoms with Crippen LogP contribution in [0.3, 0.4) is 0 Å². The number of ether oxygens (including phenoxy) is 10. The number of hydrogen-bond acceptors (Lipinski definition) is 18. The number of allylic oxidation sites excluding steroid dienone is 2. The summed E-state index contributed by atoms with van der Waals surface area (Å²) in [5, 5.41) is 66.7. The molecule has 0 aromatic carbocycles. The van der Waals surface area contributed by atoms with Gasteiger partial charge in [-0.15, -0.1) is 0 Å².